The van der Waals surface area contributed by atoms with Crippen LogP contribution < -0.4 is 15.8 Å². The minimum atomic E-state index is -0.219. The summed E-state index contributed by atoms with van der Waals surface area (Å²) >= 11 is 0. The number of nitrogens with zero attached hydrogens (tertiary/aromatic N) is 2. The standard InChI is InChI=1S/C10H10N4O/c11-7-8-2-1-3-9(6-8)14-5-4-12-10(15)13-14/h1-3,6H,4-5H2,(H2,12,13,15). The summed E-state index contributed by atoms with van der Waals surface area (Å²) in [6.07, 6.45) is 0. The van der Waals surface area contributed by atoms with Crippen LogP contribution in [0.25, 0.3) is 0 Å². The molecule has 15 heavy (non-hydrogen) atoms. The van der Waals surface area contributed by atoms with E-state index in [1.165, 1.54) is 0 Å². The van der Waals surface area contributed by atoms with E-state index >= 15 is 0 Å². The molecule has 2 N–H and O–H groups in total. The Balaban J connectivity index is 2.21. The number of benzene rings is 1. The Hall–Kier alpha value is -2.22. The number of rotatable bonds is 1. The van der Waals surface area contributed by atoms with Gasteiger partial charge in [0.2, 0.25) is 0 Å². The Bertz CT molecular complexity index is 424. The smallest absolute Gasteiger partial charge is 0.333 e. The van der Waals surface area contributed by atoms with E-state index in [2.05, 4.69) is 16.8 Å². The summed E-state index contributed by atoms with van der Waals surface area (Å²) in [7, 11) is 0. The van der Waals surface area contributed by atoms with Crippen molar-refractivity contribution in [1.29, 1.82) is 5.26 Å². The summed E-state index contributed by atoms with van der Waals surface area (Å²) in [5.41, 5.74) is 4.06. The second kappa shape index (κ2) is 3.88. The molecule has 0 radical (unpaired) electrons. The molecule has 0 aromatic heterocycles. The van der Waals surface area contributed by atoms with Gasteiger partial charge in [-0.1, -0.05) is 6.07 Å². The van der Waals surface area contributed by atoms with Gasteiger partial charge in [0, 0.05) is 6.54 Å². The van der Waals surface area contributed by atoms with Crippen molar-refractivity contribution in [2.75, 3.05) is 18.1 Å². The van der Waals surface area contributed by atoms with E-state index in [1.807, 2.05) is 6.07 Å². The van der Waals surface area contributed by atoms with Crippen LogP contribution in [0.15, 0.2) is 24.3 Å². The number of hydrazine groups is 1. The molecule has 1 saturated heterocycles. The number of amides is 2. The van der Waals surface area contributed by atoms with Crippen molar-refractivity contribution in [2.24, 2.45) is 0 Å². The van der Waals surface area contributed by atoms with E-state index in [4.69, 9.17) is 5.26 Å². The number of carbonyl (C=O) groups is 1. The molecule has 1 heterocycles. The SMILES string of the molecule is N#Cc1cccc(N2CCNC(=O)N2)c1. The van der Waals surface area contributed by atoms with Gasteiger partial charge in [0.25, 0.3) is 0 Å². The number of hydrogen-bond acceptors (Lipinski definition) is 3. The minimum Gasteiger partial charge on any atom is -0.335 e. The van der Waals surface area contributed by atoms with Crippen molar-refractivity contribution < 1.29 is 4.79 Å². The molecule has 5 nitrogen and oxygen atoms in total. The van der Waals surface area contributed by atoms with Crippen molar-refractivity contribution in [3.05, 3.63) is 29.8 Å². The van der Waals surface area contributed by atoms with Crippen molar-refractivity contribution in [3.63, 3.8) is 0 Å². The highest BCUT2D eigenvalue weighted by Crippen LogP contribution is 2.14. The van der Waals surface area contributed by atoms with Gasteiger partial charge in [0.05, 0.1) is 23.9 Å². The predicted octanol–water partition coefficient (Wildman–Crippen LogP) is 0.592. The molecule has 0 unspecified atom stereocenters. The monoisotopic (exact) mass is 202 g/mol. The lowest BCUT2D eigenvalue weighted by Gasteiger charge is -2.29. The summed E-state index contributed by atoms with van der Waals surface area (Å²) in [5.74, 6) is 0. The Labute approximate surface area is 87.3 Å². The molecule has 1 aromatic rings. The number of nitriles is 1. The Morgan fingerprint density at radius 1 is 1.47 bits per heavy atom. The molecule has 0 saturated carbocycles. The van der Waals surface area contributed by atoms with Crippen LogP contribution in [0.1, 0.15) is 5.56 Å². The summed E-state index contributed by atoms with van der Waals surface area (Å²) in [6.45, 7) is 1.28. The first-order chi connectivity index (χ1) is 7.29. The maximum absolute atomic E-state index is 11.1. The quantitative estimate of drug-likeness (QED) is 0.700. The van der Waals surface area contributed by atoms with Crippen molar-refractivity contribution in [2.45, 2.75) is 0 Å². The third-order valence-corrected chi connectivity index (χ3v) is 2.14. The normalized spacial score (nSPS) is 15.1. The summed E-state index contributed by atoms with van der Waals surface area (Å²) in [4.78, 5) is 11.1. The highest BCUT2D eigenvalue weighted by molar-refractivity contribution is 5.77. The van der Waals surface area contributed by atoms with Gasteiger partial charge in [-0.05, 0) is 18.2 Å². The van der Waals surface area contributed by atoms with E-state index in [0.29, 0.717) is 18.7 Å². The average Bonchev–Trinajstić information content (AvgIpc) is 2.29. The maximum Gasteiger partial charge on any atom is 0.333 e. The lowest BCUT2D eigenvalue weighted by Crippen LogP contribution is -2.56. The number of urea groups is 1. The Kier molecular flexibility index (Phi) is 2.42. The van der Waals surface area contributed by atoms with Crippen LogP contribution in [0.2, 0.25) is 0 Å². The third kappa shape index (κ3) is 1.99. The van der Waals surface area contributed by atoms with Gasteiger partial charge in [0.15, 0.2) is 0 Å². The molecule has 0 spiro atoms. The fraction of sp³-hybridized carbons (Fsp3) is 0.200. The highest BCUT2D eigenvalue weighted by atomic mass is 16.2. The van der Waals surface area contributed by atoms with E-state index in [0.717, 1.165) is 5.69 Å². The molecular formula is C10H10N4O. The van der Waals surface area contributed by atoms with Gasteiger partial charge >= 0.3 is 6.03 Å². The van der Waals surface area contributed by atoms with Crippen LogP contribution >= 0.6 is 0 Å². The lowest BCUT2D eigenvalue weighted by atomic mass is 10.2. The molecule has 2 amide bonds. The number of nitrogens with one attached hydrogen (secondary N) is 2. The van der Waals surface area contributed by atoms with Crippen LogP contribution in [0.5, 0.6) is 0 Å². The van der Waals surface area contributed by atoms with Gasteiger partial charge in [-0.15, -0.1) is 0 Å². The molecule has 0 aliphatic carbocycles. The van der Waals surface area contributed by atoms with Gasteiger partial charge in [-0.3, -0.25) is 5.01 Å². The Morgan fingerprint density at radius 3 is 3.07 bits per heavy atom. The molecule has 0 atom stereocenters. The zero-order chi connectivity index (χ0) is 10.7. The first-order valence-corrected chi connectivity index (χ1v) is 4.62. The van der Waals surface area contributed by atoms with Crippen LogP contribution in [-0.4, -0.2) is 19.1 Å². The van der Waals surface area contributed by atoms with E-state index in [1.54, 1.807) is 23.2 Å². The molecule has 1 aromatic carbocycles. The van der Waals surface area contributed by atoms with Gasteiger partial charge in [0.1, 0.15) is 0 Å². The van der Waals surface area contributed by atoms with Crippen LogP contribution in [-0.2, 0) is 0 Å². The van der Waals surface area contributed by atoms with Gasteiger partial charge < -0.3 is 5.32 Å². The second-order valence-electron chi connectivity index (χ2n) is 3.18. The molecule has 1 aliphatic rings. The number of anilines is 1. The topological polar surface area (TPSA) is 68.2 Å². The lowest BCUT2D eigenvalue weighted by molar-refractivity contribution is 0.236. The third-order valence-electron chi connectivity index (χ3n) is 2.14. The number of carbonyl (C=O) groups excluding carboxylic acids is 1. The summed E-state index contributed by atoms with van der Waals surface area (Å²) in [6, 6.07) is 8.96. The highest BCUT2D eigenvalue weighted by Gasteiger charge is 2.15. The van der Waals surface area contributed by atoms with E-state index in [-0.39, 0.29) is 6.03 Å². The zero-order valence-corrected chi connectivity index (χ0v) is 8.03. The minimum absolute atomic E-state index is 0.219. The molecular weight excluding hydrogens is 192 g/mol. The number of hydrogen-bond donors (Lipinski definition) is 2. The fourth-order valence-electron chi connectivity index (χ4n) is 1.44. The zero-order valence-electron chi connectivity index (χ0n) is 8.03. The average molecular weight is 202 g/mol. The van der Waals surface area contributed by atoms with Crippen LogP contribution in [0.4, 0.5) is 10.5 Å². The van der Waals surface area contributed by atoms with Crippen molar-refractivity contribution >= 4 is 11.7 Å². The molecule has 1 aliphatic heterocycles. The second-order valence-corrected chi connectivity index (χ2v) is 3.18. The summed E-state index contributed by atoms with van der Waals surface area (Å²) in [5, 5.41) is 13.1. The molecule has 2 rings (SSSR count). The first-order valence-electron chi connectivity index (χ1n) is 4.62. The largest absolute Gasteiger partial charge is 0.335 e. The van der Waals surface area contributed by atoms with Crippen molar-refractivity contribution in [3.8, 4) is 6.07 Å². The molecule has 0 bridgehead atoms. The van der Waals surface area contributed by atoms with E-state index in [9.17, 15) is 4.79 Å². The van der Waals surface area contributed by atoms with E-state index < -0.39 is 0 Å². The first kappa shape index (κ1) is 9.34. The molecule has 1 fully saturated rings. The van der Waals surface area contributed by atoms with Crippen LogP contribution in [0, 0.1) is 11.3 Å². The summed E-state index contributed by atoms with van der Waals surface area (Å²) < 4.78 is 0. The predicted molar refractivity (Wildman–Crippen MR) is 55.0 cm³/mol. The molecule has 76 valence electrons. The fourth-order valence-corrected chi connectivity index (χ4v) is 1.44. The maximum atomic E-state index is 11.1. The van der Waals surface area contributed by atoms with Gasteiger partial charge in [-0.25, -0.2) is 10.2 Å². The Morgan fingerprint density at radius 2 is 2.33 bits per heavy atom. The van der Waals surface area contributed by atoms with Gasteiger partial charge in [-0.2, -0.15) is 5.26 Å². The van der Waals surface area contributed by atoms with Crippen molar-refractivity contribution in [1.82, 2.24) is 10.7 Å². The van der Waals surface area contributed by atoms with Crippen LogP contribution in [0.3, 0.4) is 0 Å². The molecule has 5 heteroatoms.